The average Bonchev–Trinajstić information content (AvgIpc) is 2.91. The maximum absolute atomic E-state index is 12.4. The summed E-state index contributed by atoms with van der Waals surface area (Å²) in [5, 5.41) is 6.62. The molecule has 0 aromatic heterocycles. The Labute approximate surface area is 109 Å². The number of nitrogens with one attached hydrogen (secondary N) is 2. The van der Waals surface area contributed by atoms with Crippen LogP contribution in [0.3, 0.4) is 0 Å². The molecule has 2 heterocycles. The van der Waals surface area contributed by atoms with Crippen LogP contribution in [0.15, 0.2) is 0 Å². The van der Waals surface area contributed by atoms with Gasteiger partial charge in [-0.2, -0.15) is 0 Å². The fourth-order valence-corrected chi connectivity index (χ4v) is 3.62. The first-order valence-corrected chi connectivity index (χ1v) is 7.42. The number of rotatable bonds is 4. The van der Waals surface area contributed by atoms with Crippen molar-refractivity contribution in [2.45, 2.75) is 51.2 Å². The molecule has 1 amide bonds. The highest BCUT2D eigenvalue weighted by Crippen LogP contribution is 2.34. The summed E-state index contributed by atoms with van der Waals surface area (Å²) in [4.78, 5) is 14.8. The first kappa shape index (κ1) is 12.4. The normalized spacial score (nSPS) is 36.1. The molecule has 1 aliphatic carbocycles. The van der Waals surface area contributed by atoms with Gasteiger partial charge in [-0.1, -0.05) is 0 Å². The van der Waals surface area contributed by atoms with Gasteiger partial charge in [-0.3, -0.25) is 9.69 Å². The standard InChI is InChI=1S/C14H25N3O/c1-9(2)17-12(5-11-7-15-8-13(11)17)14(18)16-6-10-3-4-10/h9-13,15H,3-8H2,1-2H3,(H,16,18)/t11-,12+,13+/m1/s1. The van der Waals surface area contributed by atoms with Crippen LogP contribution >= 0.6 is 0 Å². The Kier molecular flexibility index (Phi) is 3.32. The molecule has 3 rings (SSSR count). The molecular formula is C14H25N3O. The molecular weight excluding hydrogens is 226 g/mol. The molecule has 3 fully saturated rings. The van der Waals surface area contributed by atoms with Crippen molar-refractivity contribution < 1.29 is 4.79 Å². The number of hydrogen-bond acceptors (Lipinski definition) is 3. The largest absolute Gasteiger partial charge is 0.354 e. The molecule has 0 unspecified atom stereocenters. The van der Waals surface area contributed by atoms with Gasteiger partial charge >= 0.3 is 0 Å². The van der Waals surface area contributed by atoms with Gasteiger partial charge in [0, 0.05) is 25.2 Å². The summed E-state index contributed by atoms with van der Waals surface area (Å²) < 4.78 is 0. The van der Waals surface area contributed by atoms with Crippen LogP contribution in [0.25, 0.3) is 0 Å². The van der Waals surface area contributed by atoms with E-state index in [2.05, 4.69) is 29.4 Å². The Bertz CT molecular complexity index is 327. The van der Waals surface area contributed by atoms with E-state index in [0.29, 0.717) is 18.0 Å². The van der Waals surface area contributed by atoms with Gasteiger partial charge in [-0.05, 0) is 51.5 Å². The molecule has 0 spiro atoms. The first-order valence-electron chi connectivity index (χ1n) is 7.42. The van der Waals surface area contributed by atoms with Gasteiger partial charge in [0.05, 0.1) is 6.04 Å². The quantitative estimate of drug-likeness (QED) is 0.768. The second-order valence-corrected chi connectivity index (χ2v) is 6.47. The first-order chi connectivity index (χ1) is 8.66. The van der Waals surface area contributed by atoms with E-state index in [1.54, 1.807) is 0 Å². The van der Waals surface area contributed by atoms with E-state index in [1.807, 2.05) is 0 Å². The van der Waals surface area contributed by atoms with Gasteiger partial charge in [0.15, 0.2) is 0 Å². The molecule has 0 bridgehead atoms. The number of amides is 1. The Balaban J connectivity index is 1.64. The Hall–Kier alpha value is -0.610. The summed E-state index contributed by atoms with van der Waals surface area (Å²) in [6, 6.07) is 1.14. The predicted molar refractivity (Wildman–Crippen MR) is 71.3 cm³/mol. The van der Waals surface area contributed by atoms with E-state index >= 15 is 0 Å². The number of hydrogen-bond donors (Lipinski definition) is 2. The van der Waals surface area contributed by atoms with Crippen molar-refractivity contribution in [3.05, 3.63) is 0 Å². The summed E-state index contributed by atoms with van der Waals surface area (Å²) >= 11 is 0. The SMILES string of the molecule is CC(C)N1[C@H](C(=O)NCC2CC2)C[C@@H]2CNC[C@@H]21. The van der Waals surface area contributed by atoms with Crippen LogP contribution in [0.2, 0.25) is 0 Å². The summed E-state index contributed by atoms with van der Waals surface area (Å²) in [6.07, 6.45) is 3.63. The number of nitrogens with zero attached hydrogens (tertiary/aromatic N) is 1. The van der Waals surface area contributed by atoms with Crippen LogP contribution in [0, 0.1) is 11.8 Å². The summed E-state index contributed by atoms with van der Waals surface area (Å²) in [7, 11) is 0. The van der Waals surface area contributed by atoms with Crippen molar-refractivity contribution in [2.24, 2.45) is 11.8 Å². The van der Waals surface area contributed by atoms with Crippen LogP contribution in [0.5, 0.6) is 0 Å². The number of carbonyl (C=O) groups is 1. The minimum atomic E-state index is 0.112. The molecule has 18 heavy (non-hydrogen) atoms. The molecule has 0 aromatic carbocycles. The van der Waals surface area contributed by atoms with Crippen LogP contribution in [-0.4, -0.2) is 48.6 Å². The van der Waals surface area contributed by atoms with E-state index in [9.17, 15) is 4.79 Å². The molecule has 1 saturated carbocycles. The van der Waals surface area contributed by atoms with Gasteiger partial charge in [0.25, 0.3) is 0 Å². The topological polar surface area (TPSA) is 44.4 Å². The smallest absolute Gasteiger partial charge is 0.237 e. The fourth-order valence-electron chi connectivity index (χ4n) is 3.62. The van der Waals surface area contributed by atoms with Crippen LogP contribution in [-0.2, 0) is 4.79 Å². The molecule has 3 atom stereocenters. The zero-order chi connectivity index (χ0) is 12.7. The van der Waals surface area contributed by atoms with Crippen molar-refractivity contribution >= 4 is 5.91 Å². The van der Waals surface area contributed by atoms with Gasteiger partial charge in [0.2, 0.25) is 5.91 Å². The predicted octanol–water partition coefficient (Wildman–Crippen LogP) is 0.583. The molecule has 0 radical (unpaired) electrons. The lowest BCUT2D eigenvalue weighted by atomic mass is 10.0. The molecule has 4 heteroatoms. The Morgan fingerprint density at radius 1 is 1.39 bits per heavy atom. The molecule has 0 aromatic rings. The van der Waals surface area contributed by atoms with E-state index in [1.165, 1.54) is 12.8 Å². The average molecular weight is 251 g/mol. The number of fused-ring (bicyclic) bond motifs is 1. The third kappa shape index (κ3) is 2.28. The lowest BCUT2D eigenvalue weighted by molar-refractivity contribution is -0.126. The molecule has 4 nitrogen and oxygen atoms in total. The highest BCUT2D eigenvalue weighted by Gasteiger charge is 2.47. The zero-order valence-electron chi connectivity index (χ0n) is 11.5. The Morgan fingerprint density at radius 2 is 2.17 bits per heavy atom. The fraction of sp³-hybridized carbons (Fsp3) is 0.929. The van der Waals surface area contributed by atoms with Gasteiger partial charge in [-0.15, -0.1) is 0 Å². The highest BCUT2D eigenvalue weighted by molar-refractivity contribution is 5.82. The number of carbonyl (C=O) groups excluding carboxylic acids is 1. The van der Waals surface area contributed by atoms with Crippen LogP contribution in [0.1, 0.15) is 33.1 Å². The number of likely N-dealkylation sites (tertiary alicyclic amines) is 1. The monoisotopic (exact) mass is 251 g/mol. The van der Waals surface area contributed by atoms with Crippen LogP contribution < -0.4 is 10.6 Å². The third-order valence-corrected chi connectivity index (χ3v) is 4.73. The zero-order valence-corrected chi connectivity index (χ0v) is 11.5. The van der Waals surface area contributed by atoms with E-state index in [4.69, 9.17) is 0 Å². The van der Waals surface area contributed by atoms with Gasteiger partial charge < -0.3 is 10.6 Å². The lowest BCUT2D eigenvalue weighted by Gasteiger charge is -2.32. The maximum Gasteiger partial charge on any atom is 0.237 e. The summed E-state index contributed by atoms with van der Waals surface area (Å²) in [5.74, 6) is 1.71. The Morgan fingerprint density at radius 3 is 2.83 bits per heavy atom. The van der Waals surface area contributed by atoms with Crippen molar-refractivity contribution in [3.63, 3.8) is 0 Å². The van der Waals surface area contributed by atoms with Gasteiger partial charge in [-0.25, -0.2) is 0 Å². The minimum absolute atomic E-state index is 0.112. The van der Waals surface area contributed by atoms with Crippen molar-refractivity contribution in [1.82, 2.24) is 15.5 Å². The van der Waals surface area contributed by atoms with Crippen molar-refractivity contribution in [2.75, 3.05) is 19.6 Å². The lowest BCUT2D eigenvalue weighted by Crippen LogP contribution is -2.50. The van der Waals surface area contributed by atoms with E-state index < -0.39 is 0 Å². The molecule has 2 aliphatic heterocycles. The van der Waals surface area contributed by atoms with Gasteiger partial charge in [0.1, 0.15) is 0 Å². The third-order valence-electron chi connectivity index (χ3n) is 4.73. The highest BCUT2D eigenvalue weighted by atomic mass is 16.2. The molecule has 3 aliphatic rings. The van der Waals surface area contributed by atoms with Crippen molar-refractivity contribution in [3.8, 4) is 0 Å². The molecule has 2 N–H and O–H groups in total. The second kappa shape index (κ2) is 4.82. The van der Waals surface area contributed by atoms with E-state index in [0.717, 1.165) is 32.0 Å². The molecule has 2 saturated heterocycles. The summed E-state index contributed by atoms with van der Waals surface area (Å²) in [6.45, 7) is 7.45. The van der Waals surface area contributed by atoms with Crippen molar-refractivity contribution in [1.29, 1.82) is 0 Å². The maximum atomic E-state index is 12.4. The van der Waals surface area contributed by atoms with E-state index in [-0.39, 0.29) is 11.9 Å². The molecule has 102 valence electrons. The second-order valence-electron chi connectivity index (χ2n) is 6.47. The minimum Gasteiger partial charge on any atom is -0.354 e. The van der Waals surface area contributed by atoms with Crippen LogP contribution in [0.4, 0.5) is 0 Å². The summed E-state index contributed by atoms with van der Waals surface area (Å²) in [5.41, 5.74) is 0.